The molecule has 230 valence electrons. The van der Waals surface area contributed by atoms with Gasteiger partial charge in [0.25, 0.3) is 0 Å². The van der Waals surface area contributed by atoms with Gasteiger partial charge in [0.1, 0.15) is 5.58 Å². The van der Waals surface area contributed by atoms with Gasteiger partial charge < -0.3 is 13.8 Å². The standard InChI is InChI=1S/C46H27BN2O/c1-26-24-32-29-15-10-16-31-42(29)49(43-30-14-4-9-23-40(30)50-45(31)43)47-37-21-11-20-36-44(37)48(39(25-26)41(32)47)38-22-8-7-19-35(38)46(36)33-17-5-2-12-27(33)28-13-3-6-18-34(28)46/h2-25H,1H3. The number of nitrogens with zero attached hydrogens (tertiary/aromatic N) is 2. The second kappa shape index (κ2) is 8.48. The molecule has 0 atom stereocenters. The summed E-state index contributed by atoms with van der Waals surface area (Å²) in [6.07, 6.45) is 0. The number of aryl methyl sites for hydroxylation is 1. The third-order valence-corrected chi connectivity index (χ3v) is 12.2. The summed E-state index contributed by atoms with van der Waals surface area (Å²) in [5.41, 5.74) is 22.3. The highest BCUT2D eigenvalue weighted by molar-refractivity contribution is 6.90. The average molecular weight is 635 g/mol. The molecule has 1 aliphatic carbocycles. The van der Waals surface area contributed by atoms with Gasteiger partial charge in [-0.3, -0.25) is 0 Å². The Morgan fingerprint density at radius 2 is 1.20 bits per heavy atom. The number of para-hydroxylation sites is 4. The van der Waals surface area contributed by atoms with Crippen LogP contribution in [-0.2, 0) is 5.41 Å². The van der Waals surface area contributed by atoms with Gasteiger partial charge in [0.15, 0.2) is 5.58 Å². The zero-order valence-electron chi connectivity index (χ0n) is 27.2. The Labute approximate surface area is 288 Å². The van der Waals surface area contributed by atoms with Gasteiger partial charge >= 0.3 is 6.85 Å². The summed E-state index contributed by atoms with van der Waals surface area (Å²) in [6, 6.07) is 54.6. The molecule has 0 N–H and O–H groups in total. The lowest BCUT2D eigenvalue weighted by molar-refractivity contribution is 0.673. The number of hydrogen-bond acceptors (Lipinski definition) is 2. The van der Waals surface area contributed by atoms with Crippen LogP contribution >= 0.6 is 0 Å². The van der Waals surface area contributed by atoms with Gasteiger partial charge in [-0.25, -0.2) is 0 Å². The Morgan fingerprint density at radius 3 is 2.04 bits per heavy atom. The highest BCUT2D eigenvalue weighted by Crippen LogP contribution is 2.63. The minimum Gasteiger partial charge on any atom is -0.454 e. The average Bonchev–Trinajstić information content (AvgIpc) is 3.80. The normalized spacial score (nSPS) is 15.0. The van der Waals surface area contributed by atoms with E-state index in [1.807, 2.05) is 0 Å². The smallest absolute Gasteiger partial charge is 0.333 e. The van der Waals surface area contributed by atoms with E-state index >= 15 is 0 Å². The highest BCUT2D eigenvalue weighted by atomic mass is 16.3. The Balaban J connectivity index is 1.25. The predicted octanol–water partition coefficient (Wildman–Crippen LogP) is 9.94. The van der Waals surface area contributed by atoms with Gasteiger partial charge in [0, 0.05) is 33.2 Å². The molecule has 0 bridgehead atoms. The monoisotopic (exact) mass is 634 g/mol. The van der Waals surface area contributed by atoms with E-state index in [1.54, 1.807) is 0 Å². The lowest BCUT2D eigenvalue weighted by atomic mass is 9.44. The fourth-order valence-corrected chi connectivity index (χ4v) is 10.6. The summed E-state index contributed by atoms with van der Waals surface area (Å²) >= 11 is 0. The number of fused-ring (bicyclic) bond motifs is 18. The number of furan rings is 1. The Hall–Kier alpha value is -6.26. The fraction of sp³-hybridized carbons (Fsp3) is 0.0435. The maximum absolute atomic E-state index is 6.73. The molecule has 0 radical (unpaired) electrons. The molecule has 0 unspecified atom stereocenters. The van der Waals surface area contributed by atoms with Crippen LogP contribution in [0.25, 0.3) is 55.2 Å². The lowest BCUT2D eigenvalue weighted by Gasteiger charge is -2.49. The lowest BCUT2D eigenvalue weighted by Crippen LogP contribution is -2.58. The molecular formula is C46H27BN2O. The molecule has 5 heterocycles. The molecule has 0 saturated carbocycles. The molecule has 0 fully saturated rings. The minimum absolute atomic E-state index is 0.0306. The van der Waals surface area contributed by atoms with Crippen molar-refractivity contribution < 1.29 is 4.42 Å². The Kier molecular flexibility index (Phi) is 4.36. The van der Waals surface area contributed by atoms with Gasteiger partial charge in [0.2, 0.25) is 0 Å². The second-order valence-corrected chi connectivity index (χ2v) is 14.4. The topological polar surface area (TPSA) is 21.3 Å². The summed E-state index contributed by atoms with van der Waals surface area (Å²) in [6.45, 7) is 2.22. The van der Waals surface area contributed by atoms with Crippen molar-refractivity contribution in [3.05, 3.63) is 173 Å². The summed E-state index contributed by atoms with van der Waals surface area (Å²) < 4.78 is 9.36. The summed E-state index contributed by atoms with van der Waals surface area (Å²) in [5, 5.41) is 2.34. The molecule has 7 aromatic carbocycles. The molecule has 13 rings (SSSR count). The van der Waals surface area contributed by atoms with Gasteiger partial charge in [0.05, 0.1) is 16.6 Å². The quantitative estimate of drug-likeness (QED) is 0.155. The van der Waals surface area contributed by atoms with Crippen LogP contribution in [0.5, 0.6) is 0 Å². The zero-order valence-corrected chi connectivity index (χ0v) is 27.2. The minimum atomic E-state index is -0.452. The van der Waals surface area contributed by atoms with Gasteiger partial charge in [-0.1, -0.05) is 115 Å². The first-order chi connectivity index (χ1) is 24.7. The van der Waals surface area contributed by atoms with Crippen molar-refractivity contribution in [2.24, 2.45) is 0 Å². The molecule has 0 saturated heterocycles. The van der Waals surface area contributed by atoms with Crippen LogP contribution < -0.4 is 15.8 Å². The largest absolute Gasteiger partial charge is 0.454 e. The van der Waals surface area contributed by atoms with Gasteiger partial charge in [-0.15, -0.1) is 0 Å². The van der Waals surface area contributed by atoms with Crippen molar-refractivity contribution in [2.75, 3.05) is 4.90 Å². The number of benzene rings is 7. The van der Waals surface area contributed by atoms with Crippen molar-refractivity contribution >= 4 is 67.8 Å². The molecule has 2 aromatic heterocycles. The maximum Gasteiger partial charge on any atom is 0.333 e. The second-order valence-electron chi connectivity index (χ2n) is 14.4. The maximum atomic E-state index is 6.73. The van der Waals surface area contributed by atoms with E-state index in [9.17, 15) is 0 Å². The van der Waals surface area contributed by atoms with Crippen LogP contribution in [0.2, 0.25) is 0 Å². The number of anilines is 3. The first-order valence-corrected chi connectivity index (χ1v) is 17.6. The highest BCUT2D eigenvalue weighted by Gasteiger charge is 2.55. The molecule has 4 aliphatic rings. The van der Waals surface area contributed by atoms with Crippen LogP contribution in [-0.4, -0.2) is 11.3 Å². The molecule has 4 heteroatoms. The molecule has 50 heavy (non-hydrogen) atoms. The van der Waals surface area contributed by atoms with E-state index in [1.165, 1.54) is 94.5 Å². The third-order valence-electron chi connectivity index (χ3n) is 12.2. The molecule has 3 nitrogen and oxygen atoms in total. The molecule has 9 aromatic rings. The SMILES string of the molecule is Cc1cc2c3c(c1)N1c4ccccc4C4(c5ccccc5-c5ccccc54)c4cccc(c41)B3n1c3c-2cccc3c2oc3ccccc3c21. The Bertz CT molecular complexity index is 2990. The van der Waals surface area contributed by atoms with Crippen LogP contribution in [0.4, 0.5) is 17.1 Å². The zero-order chi connectivity index (χ0) is 32.5. The van der Waals surface area contributed by atoms with E-state index in [-0.39, 0.29) is 6.85 Å². The fourth-order valence-electron chi connectivity index (χ4n) is 10.6. The van der Waals surface area contributed by atoms with Crippen LogP contribution in [0.3, 0.4) is 0 Å². The first-order valence-electron chi connectivity index (χ1n) is 17.6. The predicted molar refractivity (Wildman–Crippen MR) is 205 cm³/mol. The van der Waals surface area contributed by atoms with Gasteiger partial charge in [-0.05, 0) is 92.7 Å². The number of aromatic nitrogens is 1. The van der Waals surface area contributed by atoms with Gasteiger partial charge in [-0.2, -0.15) is 0 Å². The van der Waals surface area contributed by atoms with Crippen molar-refractivity contribution in [2.45, 2.75) is 12.3 Å². The summed E-state index contributed by atoms with van der Waals surface area (Å²) in [4.78, 5) is 2.61. The van der Waals surface area contributed by atoms with Crippen molar-refractivity contribution in [1.82, 2.24) is 4.48 Å². The number of hydrogen-bond donors (Lipinski definition) is 0. The molecular weight excluding hydrogens is 607 g/mol. The van der Waals surface area contributed by atoms with Crippen molar-refractivity contribution in [1.29, 1.82) is 0 Å². The third kappa shape index (κ3) is 2.65. The van der Waals surface area contributed by atoms with E-state index in [0.717, 1.165) is 16.6 Å². The number of rotatable bonds is 0. The summed E-state index contributed by atoms with van der Waals surface area (Å²) in [7, 11) is 0. The van der Waals surface area contributed by atoms with E-state index in [4.69, 9.17) is 4.42 Å². The van der Waals surface area contributed by atoms with Crippen molar-refractivity contribution in [3.8, 4) is 22.3 Å². The van der Waals surface area contributed by atoms with Crippen LogP contribution in [0.15, 0.2) is 150 Å². The summed E-state index contributed by atoms with van der Waals surface area (Å²) in [5.74, 6) is 0. The van der Waals surface area contributed by atoms with Crippen molar-refractivity contribution in [3.63, 3.8) is 0 Å². The van der Waals surface area contributed by atoms with E-state index < -0.39 is 5.41 Å². The molecule has 3 aliphatic heterocycles. The molecule has 0 amide bonds. The van der Waals surface area contributed by atoms with E-state index in [0.29, 0.717) is 0 Å². The Morgan fingerprint density at radius 1 is 0.540 bits per heavy atom. The van der Waals surface area contributed by atoms with Crippen LogP contribution in [0, 0.1) is 6.92 Å². The van der Waals surface area contributed by atoms with Crippen LogP contribution in [0.1, 0.15) is 27.8 Å². The van der Waals surface area contributed by atoms with E-state index in [2.05, 4.69) is 162 Å². The first kappa shape index (κ1) is 25.7. The molecule has 1 spiro atoms.